The number of aryl methyl sites for hydroxylation is 1. The average Bonchev–Trinajstić information content (AvgIpc) is 2.96. The van der Waals surface area contributed by atoms with Crippen LogP contribution < -0.4 is 4.74 Å². The first-order chi connectivity index (χ1) is 18.6. The lowest BCUT2D eigenvalue weighted by molar-refractivity contribution is -0.133. The van der Waals surface area contributed by atoms with Crippen molar-refractivity contribution in [3.63, 3.8) is 0 Å². The number of hydrogen-bond donors (Lipinski definition) is 0. The van der Waals surface area contributed by atoms with E-state index in [1.807, 2.05) is 34.1 Å². The standard InChI is InChI=1S/C30H35N5O3/c36-28(20-24-6-5-13-31-21-24)34-16-11-30(12-17-34)10-4-3-8-25-7-1-2-9-27(25)38-19-18-35(23-30)29(37)26-22-32-14-15-33-26/h1-2,5-7,9,13-15,21-22H,3-4,8,10-12,16-20,23H2. The molecule has 2 aromatic heterocycles. The van der Waals surface area contributed by atoms with Gasteiger partial charge in [-0.15, -0.1) is 0 Å². The number of rotatable bonds is 3. The summed E-state index contributed by atoms with van der Waals surface area (Å²) in [7, 11) is 0. The van der Waals surface area contributed by atoms with Gasteiger partial charge in [0.2, 0.25) is 5.91 Å². The smallest absolute Gasteiger partial charge is 0.274 e. The van der Waals surface area contributed by atoms with Crippen molar-refractivity contribution >= 4 is 11.8 Å². The molecule has 1 saturated heterocycles. The Morgan fingerprint density at radius 3 is 2.50 bits per heavy atom. The van der Waals surface area contributed by atoms with E-state index in [9.17, 15) is 9.59 Å². The largest absolute Gasteiger partial charge is 0.491 e. The Morgan fingerprint density at radius 2 is 1.71 bits per heavy atom. The molecule has 8 heteroatoms. The predicted octanol–water partition coefficient (Wildman–Crippen LogP) is 3.97. The molecule has 1 spiro atoms. The molecule has 0 N–H and O–H groups in total. The second-order valence-corrected chi connectivity index (χ2v) is 10.4. The van der Waals surface area contributed by atoms with E-state index in [1.54, 1.807) is 24.8 Å². The van der Waals surface area contributed by atoms with Gasteiger partial charge in [-0.05, 0) is 60.8 Å². The van der Waals surface area contributed by atoms with Crippen LogP contribution in [0.1, 0.15) is 53.7 Å². The summed E-state index contributed by atoms with van der Waals surface area (Å²) in [5, 5.41) is 0. The molecule has 2 aliphatic heterocycles. The maximum absolute atomic E-state index is 13.6. The number of piperidine rings is 1. The highest BCUT2D eigenvalue weighted by Crippen LogP contribution is 2.39. The predicted molar refractivity (Wildman–Crippen MR) is 144 cm³/mol. The van der Waals surface area contributed by atoms with Gasteiger partial charge >= 0.3 is 0 Å². The van der Waals surface area contributed by atoms with Crippen molar-refractivity contribution < 1.29 is 14.3 Å². The van der Waals surface area contributed by atoms with Crippen LogP contribution in [-0.4, -0.2) is 69.4 Å². The lowest BCUT2D eigenvalue weighted by Crippen LogP contribution is -2.50. The first kappa shape index (κ1) is 25.8. The maximum atomic E-state index is 13.6. The molecule has 3 aromatic rings. The summed E-state index contributed by atoms with van der Waals surface area (Å²) in [6.45, 7) is 2.90. The molecule has 0 unspecified atom stereocenters. The van der Waals surface area contributed by atoms with E-state index in [-0.39, 0.29) is 17.2 Å². The third-order valence-electron chi connectivity index (χ3n) is 7.85. The Labute approximate surface area is 224 Å². The van der Waals surface area contributed by atoms with Gasteiger partial charge in [-0.25, -0.2) is 4.98 Å². The molecule has 0 saturated carbocycles. The molecule has 38 heavy (non-hydrogen) atoms. The summed E-state index contributed by atoms with van der Waals surface area (Å²) in [5.41, 5.74) is 2.44. The van der Waals surface area contributed by atoms with Gasteiger partial charge < -0.3 is 14.5 Å². The van der Waals surface area contributed by atoms with Gasteiger partial charge in [0.15, 0.2) is 0 Å². The highest BCUT2D eigenvalue weighted by molar-refractivity contribution is 5.92. The molecular formula is C30H35N5O3. The molecule has 1 aromatic carbocycles. The third kappa shape index (κ3) is 6.36. The zero-order chi connectivity index (χ0) is 26.2. The van der Waals surface area contributed by atoms with E-state index in [1.165, 1.54) is 11.8 Å². The number of likely N-dealkylation sites (tertiary alicyclic amines) is 1. The highest BCUT2D eigenvalue weighted by Gasteiger charge is 2.38. The molecule has 0 aliphatic carbocycles. The Morgan fingerprint density at radius 1 is 0.868 bits per heavy atom. The van der Waals surface area contributed by atoms with Crippen LogP contribution in [0.2, 0.25) is 0 Å². The maximum Gasteiger partial charge on any atom is 0.274 e. The van der Waals surface area contributed by atoms with Gasteiger partial charge in [0.1, 0.15) is 18.1 Å². The number of benzene rings is 1. The summed E-state index contributed by atoms with van der Waals surface area (Å²) < 4.78 is 6.17. The number of para-hydroxylation sites is 1. The fourth-order valence-corrected chi connectivity index (χ4v) is 5.67. The lowest BCUT2D eigenvalue weighted by Gasteiger charge is -2.45. The molecule has 2 aliphatic rings. The van der Waals surface area contributed by atoms with Crippen molar-refractivity contribution in [2.45, 2.75) is 44.9 Å². The van der Waals surface area contributed by atoms with Crippen LogP contribution in [0.15, 0.2) is 67.4 Å². The van der Waals surface area contributed by atoms with Crippen molar-refractivity contribution in [3.8, 4) is 5.75 Å². The summed E-state index contributed by atoms with van der Waals surface area (Å²) in [5.74, 6) is 0.912. The fraction of sp³-hybridized carbons (Fsp3) is 0.433. The van der Waals surface area contributed by atoms with Crippen molar-refractivity contribution in [3.05, 3.63) is 84.2 Å². The van der Waals surface area contributed by atoms with Crippen molar-refractivity contribution in [1.29, 1.82) is 0 Å². The molecule has 0 bridgehead atoms. The number of nitrogens with zero attached hydrogens (tertiary/aromatic N) is 5. The van der Waals surface area contributed by atoms with Gasteiger partial charge in [0.25, 0.3) is 5.91 Å². The van der Waals surface area contributed by atoms with Crippen LogP contribution in [0.5, 0.6) is 5.75 Å². The van der Waals surface area contributed by atoms with Crippen LogP contribution in [0.25, 0.3) is 0 Å². The molecule has 198 valence electrons. The molecule has 2 amide bonds. The Balaban J connectivity index is 1.33. The second-order valence-electron chi connectivity index (χ2n) is 10.4. The molecule has 4 heterocycles. The fourth-order valence-electron chi connectivity index (χ4n) is 5.67. The van der Waals surface area contributed by atoms with E-state index in [0.29, 0.717) is 44.9 Å². The number of pyridine rings is 1. The first-order valence-electron chi connectivity index (χ1n) is 13.5. The van der Waals surface area contributed by atoms with Crippen LogP contribution >= 0.6 is 0 Å². The number of ether oxygens (including phenoxy) is 1. The Hall–Kier alpha value is -3.81. The Bertz CT molecular complexity index is 1210. The van der Waals surface area contributed by atoms with Gasteiger partial charge in [0, 0.05) is 44.4 Å². The number of aromatic nitrogens is 3. The SMILES string of the molecule is O=C(Cc1cccnc1)N1CCC2(CCCCc3ccccc3OCCN(C(=O)c3cnccn3)C2)CC1. The molecule has 8 nitrogen and oxygen atoms in total. The van der Waals surface area contributed by atoms with E-state index in [0.717, 1.165) is 49.8 Å². The molecule has 1 fully saturated rings. The second kappa shape index (κ2) is 12.2. The average molecular weight is 514 g/mol. The number of fused-ring (bicyclic) bond motifs is 1. The number of hydrogen-bond acceptors (Lipinski definition) is 6. The van der Waals surface area contributed by atoms with Crippen LogP contribution in [-0.2, 0) is 17.6 Å². The van der Waals surface area contributed by atoms with Crippen molar-refractivity contribution in [2.75, 3.05) is 32.8 Å². The minimum absolute atomic E-state index is 0.0539. The van der Waals surface area contributed by atoms with Gasteiger partial charge in [-0.1, -0.05) is 30.7 Å². The zero-order valence-corrected chi connectivity index (χ0v) is 21.8. The van der Waals surface area contributed by atoms with Crippen LogP contribution in [0, 0.1) is 5.41 Å². The van der Waals surface area contributed by atoms with E-state index < -0.39 is 0 Å². The van der Waals surface area contributed by atoms with Crippen molar-refractivity contribution in [1.82, 2.24) is 24.8 Å². The van der Waals surface area contributed by atoms with E-state index in [2.05, 4.69) is 27.1 Å². The third-order valence-corrected chi connectivity index (χ3v) is 7.85. The van der Waals surface area contributed by atoms with Gasteiger partial charge in [-0.2, -0.15) is 0 Å². The Kier molecular flexibility index (Phi) is 8.26. The van der Waals surface area contributed by atoms with E-state index in [4.69, 9.17) is 4.74 Å². The summed E-state index contributed by atoms with van der Waals surface area (Å²) in [6, 6.07) is 12.0. The number of carbonyl (C=O) groups is 2. The number of carbonyl (C=O) groups excluding carboxylic acids is 2. The molecular weight excluding hydrogens is 478 g/mol. The topological polar surface area (TPSA) is 88.5 Å². The van der Waals surface area contributed by atoms with Crippen molar-refractivity contribution in [2.24, 2.45) is 5.41 Å². The van der Waals surface area contributed by atoms with E-state index >= 15 is 0 Å². The van der Waals surface area contributed by atoms with Crippen LogP contribution in [0.3, 0.4) is 0 Å². The summed E-state index contributed by atoms with van der Waals surface area (Å²) >= 11 is 0. The minimum Gasteiger partial charge on any atom is -0.491 e. The van der Waals surface area contributed by atoms with Crippen LogP contribution in [0.4, 0.5) is 0 Å². The highest BCUT2D eigenvalue weighted by atomic mass is 16.5. The quantitative estimate of drug-likeness (QED) is 0.527. The van der Waals surface area contributed by atoms with Gasteiger partial charge in [0.05, 0.1) is 19.2 Å². The number of amides is 2. The molecule has 0 radical (unpaired) electrons. The molecule has 0 atom stereocenters. The van der Waals surface area contributed by atoms with Gasteiger partial charge in [-0.3, -0.25) is 19.6 Å². The lowest BCUT2D eigenvalue weighted by atomic mass is 9.73. The normalized spacial score (nSPS) is 18.0. The molecule has 5 rings (SSSR count). The minimum atomic E-state index is -0.124. The summed E-state index contributed by atoms with van der Waals surface area (Å²) in [6.07, 6.45) is 14.4. The first-order valence-corrected chi connectivity index (χ1v) is 13.5. The summed E-state index contributed by atoms with van der Waals surface area (Å²) in [4.78, 5) is 43.0. The zero-order valence-electron chi connectivity index (χ0n) is 21.8. The monoisotopic (exact) mass is 513 g/mol.